The molecule has 5 nitrogen and oxygen atoms in total. The van der Waals surface area contributed by atoms with E-state index in [2.05, 4.69) is 41.6 Å². The number of para-hydroxylation sites is 2. The molecule has 1 aromatic carbocycles. The summed E-state index contributed by atoms with van der Waals surface area (Å²) in [6.45, 7) is 5.38. The third kappa shape index (κ3) is 4.70. The number of nitrogens with zero attached hydrogens (tertiary/aromatic N) is 2. The molecule has 0 radical (unpaired) electrons. The normalized spacial score (nSPS) is 12.1. The Labute approximate surface area is 126 Å². The maximum atomic E-state index is 10.7. The minimum absolute atomic E-state index is 1.09. The van der Waals surface area contributed by atoms with Crippen molar-refractivity contribution in [3.8, 4) is 0 Å². The Morgan fingerprint density at radius 3 is 2.32 bits per heavy atom. The summed E-state index contributed by atoms with van der Waals surface area (Å²) in [5.74, 6) is 1.12. The fourth-order valence-corrected chi connectivity index (χ4v) is 1.79. The number of rotatable bonds is 3. The van der Waals surface area contributed by atoms with E-state index in [1.165, 1.54) is 18.4 Å². The Morgan fingerprint density at radius 1 is 1.27 bits per heavy atom. The molecule has 0 saturated heterocycles. The fraction of sp³-hybridized carbons (Fsp3) is 0.462. The van der Waals surface area contributed by atoms with Gasteiger partial charge in [0.2, 0.25) is 0 Å². The van der Waals surface area contributed by atoms with Crippen molar-refractivity contribution in [2.24, 2.45) is 0 Å². The molecule has 22 heavy (non-hydrogen) atoms. The molecule has 0 aliphatic carbocycles. The van der Waals surface area contributed by atoms with Gasteiger partial charge in [-0.1, -0.05) is 25.5 Å². The summed E-state index contributed by atoms with van der Waals surface area (Å²) < 4.78 is 59.8. The zero-order valence-electron chi connectivity index (χ0n) is 12.1. The van der Waals surface area contributed by atoms with Crippen molar-refractivity contribution < 1.29 is 26.1 Å². The fourth-order valence-electron chi connectivity index (χ4n) is 1.79. The Bertz CT molecular complexity index is 724. The van der Waals surface area contributed by atoms with Crippen LogP contribution >= 0.6 is 0 Å². The van der Waals surface area contributed by atoms with Gasteiger partial charge in [0, 0.05) is 6.54 Å². The van der Waals surface area contributed by atoms with Gasteiger partial charge in [-0.05, 0) is 25.5 Å². The average Bonchev–Trinajstić information content (AvgIpc) is 2.70. The van der Waals surface area contributed by atoms with Crippen LogP contribution in [0.15, 0.2) is 24.3 Å². The van der Waals surface area contributed by atoms with Crippen molar-refractivity contribution in [3.05, 3.63) is 30.1 Å². The van der Waals surface area contributed by atoms with E-state index in [9.17, 15) is 13.2 Å². The Kier molecular flexibility index (Phi) is 5.95. The number of aromatic nitrogens is 2. The highest BCUT2D eigenvalue weighted by molar-refractivity contribution is 7.86. The molecule has 2 aromatic rings. The van der Waals surface area contributed by atoms with E-state index in [0.29, 0.717) is 0 Å². The van der Waals surface area contributed by atoms with Crippen LogP contribution in [0.2, 0.25) is 0 Å². The highest BCUT2D eigenvalue weighted by Gasteiger charge is 2.44. The molecular formula is C13H17F3N2O3S. The second-order valence-corrected chi connectivity index (χ2v) is 5.99. The van der Waals surface area contributed by atoms with Gasteiger partial charge in [0.15, 0.2) is 0 Å². The SMILES string of the molecule is CCCCn1c(C)nc2ccccc21.O=S(=O)(O)C(F)(F)F. The number of alkyl halides is 3. The van der Waals surface area contributed by atoms with Gasteiger partial charge in [-0.3, -0.25) is 4.55 Å². The largest absolute Gasteiger partial charge is 0.522 e. The molecule has 0 saturated carbocycles. The van der Waals surface area contributed by atoms with Crippen LogP contribution in [-0.4, -0.2) is 28.0 Å². The Balaban J connectivity index is 0.000000261. The smallest absolute Gasteiger partial charge is 0.328 e. The van der Waals surface area contributed by atoms with Crippen LogP contribution in [0.1, 0.15) is 25.6 Å². The van der Waals surface area contributed by atoms with Crippen molar-refractivity contribution in [1.29, 1.82) is 0 Å². The first-order valence-electron chi connectivity index (χ1n) is 6.53. The number of hydrogen-bond donors (Lipinski definition) is 1. The molecule has 0 bridgehead atoms. The topological polar surface area (TPSA) is 72.2 Å². The number of benzene rings is 1. The van der Waals surface area contributed by atoms with Crippen LogP contribution < -0.4 is 0 Å². The van der Waals surface area contributed by atoms with Crippen LogP contribution in [0.25, 0.3) is 11.0 Å². The van der Waals surface area contributed by atoms with Crippen molar-refractivity contribution in [2.45, 2.75) is 38.7 Å². The number of aryl methyl sites for hydroxylation is 2. The first-order valence-corrected chi connectivity index (χ1v) is 7.97. The van der Waals surface area contributed by atoms with Crippen LogP contribution in [0.3, 0.4) is 0 Å². The number of imidazole rings is 1. The molecule has 124 valence electrons. The number of unbranched alkanes of at least 4 members (excludes halogenated alkanes) is 1. The van der Waals surface area contributed by atoms with Crippen molar-refractivity contribution in [3.63, 3.8) is 0 Å². The molecule has 0 fully saturated rings. The van der Waals surface area contributed by atoms with Gasteiger partial charge in [-0.2, -0.15) is 21.6 Å². The van der Waals surface area contributed by atoms with Crippen molar-refractivity contribution in [1.82, 2.24) is 9.55 Å². The van der Waals surface area contributed by atoms with E-state index < -0.39 is 15.6 Å². The summed E-state index contributed by atoms with van der Waals surface area (Å²) in [7, 11) is -5.84. The first kappa shape index (κ1) is 18.4. The quantitative estimate of drug-likeness (QED) is 0.686. The number of fused-ring (bicyclic) bond motifs is 1. The van der Waals surface area contributed by atoms with E-state index in [0.717, 1.165) is 17.9 Å². The first-order chi connectivity index (χ1) is 10.1. The summed E-state index contributed by atoms with van der Waals surface area (Å²) >= 11 is 0. The van der Waals surface area contributed by atoms with Gasteiger partial charge in [0.25, 0.3) is 0 Å². The monoisotopic (exact) mass is 338 g/mol. The Hall–Kier alpha value is -1.61. The summed E-state index contributed by atoms with van der Waals surface area (Å²) in [6.07, 6.45) is 2.45. The molecule has 0 unspecified atom stereocenters. The lowest BCUT2D eigenvalue weighted by Gasteiger charge is -2.04. The summed E-state index contributed by atoms with van der Waals surface area (Å²) in [4.78, 5) is 4.53. The molecule has 1 N–H and O–H groups in total. The van der Waals surface area contributed by atoms with E-state index in [4.69, 9.17) is 13.0 Å². The van der Waals surface area contributed by atoms with Crippen LogP contribution in [0, 0.1) is 6.92 Å². The molecule has 0 atom stereocenters. The van der Waals surface area contributed by atoms with Crippen LogP contribution in [0.5, 0.6) is 0 Å². The standard InChI is InChI=1S/C12H16N2.CHF3O3S/c1-3-4-9-14-10(2)13-11-7-5-6-8-12(11)14;2-1(3,4)8(5,6)7/h5-8H,3-4,9H2,1-2H3;(H,5,6,7). The zero-order chi connectivity index (χ0) is 17.0. The van der Waals surface area contributed by atoms with Gasteiger partial charge in [0.05, 0.1) is 11.0 Å². The van der Waals surface area contributed by atoms with Gasteiger partial charge >= 0.3 is 15.6 Å². The second-order valence-electron chi connectivity index (χ2n) is 4.57. The minimum atomic E-state index is -5.84. The van der Waals surface area contributed by atoms with Gasteiger partial charge in [0.1, 0.15) is 5.82 Å². The summed E-state index contributed by atoms with van der Waals surface area (Å²) in [6, 6.07) is 8.33. The second kappa shape index (κ2) is 7.10. The number of hydrogen-bond acceptors (Lipinski definition) is 3. The van der Waals surface area contributed by atoms with E-state index in [1.54, 1.807) is 0 Å². The van der Waals surface area contributed by atoms with Gasteiger partial charge in [-0.25, -0.2) is 4.98 Å². The van der Waals surface area contributed by atoms with Crippen LogP contribution in [0.4, 0.5) is 13.2 Å². The molecule has 9 heteroatoms. The van der Waals surface area contributed by atoms with Gasteiger partial charge < -0.3 is 4.57 Å². The Morgan fingerprint density at radius 2 is 1.82 bits per heavy atom. The lowest BCUT2D eigenvalue weighted by molar-refractivity contribution is -0.0510. The highest BCUT2D eigenvalue weighted by Crippen LogP contribution is 2.20. The summed E-state index contributed by atoms with van der Waals surface area (Å²) in [5.41, 5.74) is -3.16. The molecule has 0 aliphatic heterocycles. The lowest BCUT2D eigenvalue weighted by atomic mass is 10.3. The summed E-state index contributed by atoms with van der Waals surface area (Å²) in [5, 5.41) is 0. The number of halogens is 3. The van der Waals surface area contributed by atoms with E-state index in [1.807, 2.05) is 6.07 Å². The molecule has 1 aromatic heterocycles. The van der Waals surface area contributed by atoms with Crippen molar-refractivity contribution >= 4 is 21.2 Å². The average molecular weight is 338 g/mol. The van der Waals surface area contributed by atoms with E-state index in [-0.39, 0.29) is 0 Å². The predicted octanol–water partition coefficient (Wildman–Crippen LogP) is 3.54. The maximum Gasteiger partial charge on any atom is 0.522 e. The molecule has 0 amide bonds. The van der Waals surface area contributed by atoms with E-state index >= 15 is 0 Å². The van der Waals surface area contributed by atoms with Gasteiger partial charge in [-0.15, -0.1) is 0 Å². The van der Waals surface area contributed by atoms with Crippen molar-refractivity contribution in [2.75, 3.05) is 0 Å². The minimum Gasteiger partial charge on any atom is -0.328 e. The van der Waals surface area contributed by atoms with Crippen LogP contribution in [-0.2, 0) is 16.7 Å². The zero-order valence-corrected chi connectivity index (χ0v) is 12.9. The maximum absolute atomic E-state index is 10.7. The highest BCUT2D eigenvalue weighted by atomic mass is 32.2. The molecule has 0 spiro atoms. The molecule has 0 aliphatic rings. The lowest BCUT2D eigenvalue weighted by Crippen LogP contribution is -2.21. The predicted molar refractivity (Wildman–Crippen MR) is 77.0 cm³/mol. The third-order valence-corrected chi connectivity index (χ3v) is 3.46. The molecular weight excluding hydrogens is 321 g/mol. The molecule has 2 rings (SSSR count). The third-order valence-electron chi connectivity index (χ3n) is 2.87. The molecule has 1 heterocycles.